The van der Waals surface area contributed by atoms with Crippen LogP contribution >= 0.6 is 0 Å². The van der Waals surface area contributed by atoms with Crippen molar-refractivity contribution in [2.24, 2.45) is 0 Å². The lowest BCUT2D eigenvalue weighted by Crippen LogP contribution is -2.36. The highest BCUT2D eigenvalue weighted by Crippen LogP contribution is 2.22. The lowest BCUT2D eigenvalue weighted by molar-refractivity contribution is 0.122. The number of nitrogens with one attached hydrogen (secondary N) is 1. The van der Waals surface area contributed by atoms with E-state index in [2.05, 4.69) is 32.2 Å². The first-order valence-electron chi connectivity index (χ1n) is 5.72. The van der Waals surface area contributed by atoms with Gasteiger partial charge >= 0.3 is 0 Å². The van der Waals surface area contributed by atoms with Crippen LogP contribution in [0.1, 0.15) is 0 Å². The SMILES string of the molecule is c1cc(-c2ncn[nH]2)cc(N2CCOCC2)c1. The van der Waals surface area contributed by atoms with Gasteiger partial charge in [-0.1, -0.05) is 12.1 Å². The average Bonchev–Trinajstić information content (AvgIpc) is 2.94. The van der Waals surface area contributed by atoms with Crippen molar-refractivity contribution in [2.45, 2.75) is 0 Å². The molecule has 0 spiro atoms. The third-order valence-electron chi connectivity index (χ3n) is 2.91. The topological polar surface area (TPSA) is 54.0 Å². The molecular weight excluding hydrogens is 216 g/mol. The number of nitrogens with zero attached hydrogens (tertiary/aromatic N) is 3. The van der Waals surface area contributed by atoms with Crippen LogP contribution < -0.4 is 4.90 Å². The van der Waals surface area contributed by atoms with Gasteiger partial charge in [-0.25, -0.2) is 4.98 Å². The lowest BCUT2D eigenvalue weighted by atomic mass is 10.1. The summed E-state index contributed by atoms with van der Waals surface area (Å²) in [6, 6.07) is 8.32. The Morgan fingerprint density at radius 1 is 1.24 bits per heavy atom. The Kier molecular flexibility index (Phi) is 2.75. The zero-order chi connectivity index (χ0) is 11.5. The predicted molar refractivity (Wildman–Crippen MR) is 64.9 cm³/mol. The van der Waals surface area contributed by atoms with Crippen molar-refractivity contribution in [1.82, 2.24) is 15.2 Å². The maximum absolute atomic E-state index is 5.35. The molecule has 0 bridgehead atoms. The molecular formula is C12H14N4O. The Morgan fingerprint density at radius 3 is 2.88 bits per heavy atom. The summed E-state index contributed by atoms with van der Waals surface area (Å²) in [6.07, 6.45) is 1.52. The standard InChI is InChI=1S/C12H14N4O/c1-2-10(12-13-9-14-15-12)8-11(3-1)16-4-6-17-7-5-16/h1-3,8-9H,4-7H2,(H,13,14,15). The fourth-order valence-electron chi connectivity index (χ4n) is 2.02. The van der Waals surface area contributed by atoms with Crippen molar-refractivity contribution in [2.75, 3.05) is 31.2 Å². The Morgan fingerprint density at radius 2 is 2.12 bits per heavy atom. The second-order valence-electron chi connectivity index (χ2n) is 3.98. The molecule has 3 rings (SSSR count). The first-order chi connectivity index (χ1) is 8.43. The van der Waals surface area contributed by atoms with Gasteiger partial charge in [0.2, 0.25) is 0 Å². The van der Waals surface area contributed by atoms with Crippen LogP contribution in [-0.2, 0) is 4.74 Å². The fraction of sp³-hybridized carbons (Fsp3) is 0.333. The van der Waals surface area contributed by atoms with Crippen LogP contribution in [0, 0.1) is 0 Å². The summed E-state index contributed by atoms with van der Waals surface area (Å²) in [6.45, 7) is 3.48. The molecule has 2 aromatic rings. The molecule has 5 nitrogen and oxygen atoms in total. The fourth-order valence-corrected chi connectivity index (χ4v) is 2.02. The van der Waals surface area contributed by atoms with Crippen molar-refractivity contribution in [3.05, 3.63) is 30.6 Å². The third-order valence-corrected chi connectivity index (χ3v) is 2.91. The van der Waals surface area contributed by atoms with Crippen molar-refractivity contribution in [3.8, 4) is 11.4 Å². The van der Waals surface area contributed by atoms with Gasteiger partial charge in [0.25, 0.3) is 0 Å². The third kappa shape index (κ3) is 2.14. The second-order valence-corrected chi connectivity index (χ2v) is 3.98. The van der Waals surface area contributed by atoms with Gasteiger partial charge < -0.3 is 9.64 Å². The maximum Gasteiger partial charge on any atom is 0.155 e. The van der Waals surface area contributed by atoms with Gasteiger partial charge in [0.1, 0.15) is 6.33 Å². The highest BCUT2D eigenvalue weighted by molar-refractivity contribution is 5.62. The molecule has 0 radical (unpaired) electrons. The van der Waals surface area contributed by atoms with Gasteiger partial charge in [-0.05, 0) is 12.1 Å². The molecule has 1 aromatic carbocycles. The monoisotopic (exact) mass is 230 g/mol. The van der Waals surface area contributed by atoms with Crippen molar-refractivity contribution in [1.29, 1.82) is 0 Å². The van der Waals surface area contributed by atoms with Gasteiger partial charge in [-0.15, -0.1) is 0 Å². The molecule has 1 N–H and O–H groups in total. The second kappa shape index (κ2) is 4.55. The number of anilines is 1. The van der Waals surface area contributed by atoms with E-state index in [4.69, 9.17) is 4.74 Å². The van der Waals surface area contributed by atoms with Crippen LogP contribution in [0.4, 0.5) is 5.69 Å². The zero-order valence-electron chi connectivity index (χ0n) is 9.47. The van der Waals surface area contributed by atoms with Crippen molar-refractivity contribution in [3.63, 3.8) is 0 Å². The summed E-state index contributed by atoms with van der Waals surface area (Å²) in [5, 5.41) is 6.75. The number of rotatable bonds is 2. The van der Waals surface area contributed by atoms with E-state index in [1.54, 1.807) is 0 Å². The van der Waals surface area contributed by atoms with E-state index in [-0.39, 0.29) is 0 Å². The number of hydrogen-bond acceptors (Lipinski definition) is 4. The van der Waals surface area contributed by atoms with E-state index < -0.39 is 0 Å². The summed E-state index contributed by atoms with van der Waals surface area (Å²) in [7, 11) is 0. The van der Waals surface area contributed by atoms with Crippen LogP contribution in [-0.4, -0.2) is 41.5 Å². The smallest absolute Gasteiger partial charge is 0.155 e. The van der Waals surface area contributed by atoms with E-state index in [9.17, 15) is 0 Å². The molecule has 1 aliphatic heterocycles. The van der Waals surface area contributed by atoms with Crippen molar-refractivity contribution < 1.29 is 4.74 Å². The number of aromatic nitrogens is 3. The lowest BCUT2D eigenvalue weighted by Gasteiger charge is -2.29. The first-order valence-corrected chi connectivity index (χ1v) is 5.72. The van der Waals surface area contributed by atoms with Crippen LogP contribution in [0.25, 0.3) is 11.4 Å². The number of morpholine rings is 1. The number of aromatic amines is 1. The minimum Gasteiger partial charge on any atom is -0.378 e. The van der Waals surface area contributed by atoms with Crippen molar-refractivity contribution >= 4 is 5.69 Å². The highest BCUT2D eigenvalue weighted by atomic mass is 16.5. The van der Waals surface area contributed by atoms with Gasteiger partial charge in [-0.3, -0.25) is 5.10 Å². The molecule has 0 saturated carbocycles. The molecule has 0 amide bonds. The van der Waals surface area contributed by atoms with Gasteiger partial charge in [0, 0.05) is 24.3 Å². The largest absolute Gasteiger partial charge is 0.378 e. The molecule has 1 aliphatic rings. The number of ether oxygens (including phenoxy) is 1. The quantitative estimate of drug-likeness (QED) is 0.845. The molecule has 1 aromatic heterocycles. The molecule has 0 unspecified atom stereocenters. The molecule has 1 fully saturated rings. The molecule has 88 valence electrons. The van der Waals surface area contributed by atoms with E-state index in [1.165, 1.54) is 12.0 Å². The van der Waals surface area contributed by atoms with Crippen LogP contribution in [0.5, 0.6) is 0 Å². The highest BCUT2D eigenvalue weighted by Gasteiger charge is 2.12. The normalized spacial score (nSPS) is 16.1. The molecule has 2 heterocycles. The molecule has 0 aliphatic carbocycles. The minimum atomic E-state index is 0.798. The van der Waals surface area contributed by atoms with E-state index in [0.717, 1.165) is 37.7 Å². The van der Waals surface area contributed by atoms with Gasteiger partial charge in [0.15, 0.2) is 5.82 Å². The predicted octanol–water partition coefficient (Wildman–Crippen LogP) is 1.31. The molecule has 5 heteroatoms. The van der Waals surface area contributed by atoms with E-state index >= 15 is 0 Å². The van der Waals surface area contributed by atoms with Crippen LogP contribution in [0.2, 0.25) is 0 Å². The Balaban J connectivity index is 1.88. The van der Waals surface area contributed by atoms with Crippen LogP contribution in [0.3, 0.4) is 0 Å². The van der Waals surface area contributed by atoms with E-state index in [1.807, 2.05) is 12.1 Å². The first kappa shape index (κ1) is 10.3. The number of H-pyrrole nitrogens is 1. The Bertz CT molecular complexity index is 477. The molecule has 1 saturated heterocycles. The summed E-state index contributed by atoms with van der Waals surface area (Å²) in [4.78, 5) is 6.49. The Labute approximate surface area is 99.4 Å². The summed E-state index contributed by atoms with van der Waals surface area (Å²) >= 11 is 0. The zero-order valence-corrected chi connectivity index (χ0v) is 9.47. The summed E-state index contributed by atoms with van der Waals surface area (Å²) < 4.78 is 5.35. The summed E-state index contributed by atoms with van der Waals surface area (Å²) in [5.74, 6) is 0.806. The maximum atomic E-state index is 5.35. The number of hydrogen-bond donors (Lipinski definition) is 1. The Hall–Kier alpha value is -1.88. The number of benzene rings is 1. The van der Waals surface area contributed by atoms with Gasteiger partial charge in [0.05, 0.1) is 13.2 Å². The minimum absolute atomic E-state index is 0.798. The van der Waals surface area contributed by atoms with Crippen LogP contribution in [0.15, 0.2) is 30.6 Å². The van der Waals surface area contributed by atoms with E-state index in [0.29, 0.717) is 0 Å². The molecule has 0 atom stereocenters. The average molecular weight is 230 g/mol. The molecule has 17 heavy (non-hydrogen) atoms. The summed E-state index contributed by atoms with van der Waals surface area (Å²) in [5.41, 5.74) is 2.27. The van der Waals surface area contributed by atoms with Gasteiger partial charge in [-0.2, -0.15) is 5.10 Å².